The minimum Gasteiger partial charge on any atom is -0.495 e. The Morgan fingerprint density at radius 2 is 2.08 bits per heavy atom. The molecule has 0 saturated carbocycles. The van der Waals surface area contributed by atoms with Crippen molar-refractivity contribution in [3.05, 3.63) is 66.9 Å². The standard InChI is InChI=1S/C19H17N5O/c1-25-18-5-4-14(16-8-15-11-21-12-23-19(15)24-16)7-17(18)22-10-13-3-2-6-20-9-13/h2-9,11-12,22H,10H2,1H3,(H,21,23,24). The SMILES string of the molecule is COc1ccc(-c2cc3cncnc3[nH]2)cc1NCc1cccnc1. The molecule has 0 amide bonds. The van der Waals surface area contributed by atoms with Crippen LogP contribution in [0.3, 0.4) is 0 Å². The molecule has 4 aromatic rings. The van der Waals surface area contributed by atoms with E-state index in [0.717, 1.165) is 39.3 Å². The maximum atomic E-state index is 5.47. The molecule has 1 aromatic carbocycles. The van der Waals surface area contributed by atoms with Crippen molar-refractivity contribution in [3.63, 3.8) is 0 Å². The van der Waals surface area contributed by atoms with Crippen LogP contribution in [-0.4, -0.2) is 27.0 Å². The molecule has 0 bridgehead atoms. The van der Waals surface area contributed by atoms with Crippen molar-refractivity contribution < 1.29 is 4.74 Å². The van der Waals surface area contributed by atoms with Crippen molar-refractivity contribution in [2.75, 3.05) is 12.4 Å². The molecule has 0 spiro atoms. The number of nitrogens with one attached hydrogen (secondary N) is 2. The Balaban J connectivity index is 1.65. The number of aromatic nitrogens is 4. The molecule has 6 nitrogen and oxygen atoms in total. The third-order valence-corrected chi connectivity index (χ3v) is 4.01. The van der Waals surface area contributed by atoms with E-state index in [1.54, 1.807) is 19.5 Å². The van der Waals surface area contributed by atoms with Gasteiger partial charge < -0.3 is 15.0 Å². The fourth-order valence-electron chi connectivity index (χ4n) is 2.74. The van der Waals surface area contributed by atoms with Crippen LogP contribution in [0, 0.1) is 0 Å². The highest BCUT2D eigenvalue weighted by Crippen LogP contribution is 2.31. The number of anilines is 1. The first-order valence-electron chi connectivity index (χ1n) is 7.93. The number of H-pyrrole nitrogens is 1. The Kier molecular flexibility index (Phi) is 4.00. The van der Waals surface area contributed by atoms with Gasteiger partial charge in [-0.1, -0.05) is 6.07 Å². The van der Waals surface area contributed by atoms with E-state index in [9.17, 15) is 0 Å². The number of aromatic amines is 1. The number of nitrogens with zero attached hydrogens (tertiary/aromatic N) is 3. The van der Waals surface area contributed by atoms with Crippen LogP contribution in [0.1, 0.15) is 5.56 Å². The van der Waals surface area contributed by atoms with Crippen LogP contribution >= 0.6 is 0 Å². The third kappa shape index (κ3) is 3.14. The summed E-state index contributed by atoms with van der Waals surface area (Å²) in [6.07, 6.45) is 6.95. The lowest BCUT2D eigenvalue weighted by molar-refractivity contribution is 0.416. The van der Waals surface area contributed by atoms with Crippen LogP contribution in [0.15, 0.2) is 61.3 Å². The van der Waals surface area contributed by atoms with Gasteiger partial charge in [-0.25, -0.2) is 9.97 Å². The molecule has 0 fully saturated rings. The van der Waals surface area contributed by atoms with Crippen molar-refractivity contribution in [1.29, 1.82) is 0 Å². The van der Waals surface area contributed by atoms with Crippen molar-refractivity contribution in [2.24, 2.45) is 0 Å². The molecule has 0 unspecified atom stereocenters. The number of ether oxygens (including phenoxy) is 1. The van der Waals surface area contributed by atoms with Gasteiger partial charge in [0, 0.05) is 41.8 Å². The van der Waals surface area contributed by atoms with E-state index < -0.39 is 0 Å². The highest BCUT2D eigenvalue weighted by Gasteiger charge is 2.09. The van der Waals surface area contributed by atoms with E-state index in [-0.39, 0.29) is 0 Å². The van der Waals surface area contributed by atoms with Gasteiger partial charge in [0.15, 0.2) is 0 Å². The molecule has 3 aromatic heterocycles. The lowest BCUT2D eigenvalue weighted by atomic mass is 10.1. The fourth-order valence-corrected chi connectivity index (χ4v) is 2.74. The van der Waals surface area contributed by atoms with Gasteiger partial charge in [-0.2, -0.15) is 0 Å². The Bertz CT molecular complexity index is 964. The van der Waals surface area contributed by atoms with Crippen molar-refractivity contribution in [2.45, 2.75) is 6.54 Å². The van der Waals surface area contributed by atoms with E-state index in [0.29, 0.717) is 6.54 Å². The number of fused-ring (bicyclic) bond motifs is 1. The Labute approximate surface area is 144 Å². The maximum absolute atomic E-state index is 5.47. The third-order valence-electron chi connectivity index (χ3n) is 4.01. The lowest BCUT2D eigenvalue weighted by Gasteiger charge is -2.12. The summed E-state index contributed by atoms with van der Waals surface area (Å²) in [5, 5.41) is 4.40. The number of methoxy groups -OCH3 is 1. The van der Waals surface area contributed by atoms with E-state index in [2.05, 4.69) is 31.3 Å². The minimum atomic E-state index is 0.672. The molecule has 0 aliphatic heterocycles. The zero-order valence-corrected chi connectivity index (χ0v) is 13.7. The Morgan fingerprint density at radius 3 is 2.88 bits per heavy atom. The molecular weight excluding hydrogens is 314 g/mol. The van der Waals surface area contributed by atoms with Gasteiger partial charge in [-0.05, 0) is 35.9 Å². The molecule has 2 N–H and O–H groups in total. The summed E-state index contributed by atoms with van der Waals surface area (Å²) in [5.74, 6) is 0.795. The molecule has 4 rings (SSSR count). The first-order chi connectivity index (χ1) is 12.3. The van der Waals surface area contributed by atoms with E-state index >= 15 is 0 Å². The summed E-state index contributed by atoms with van der Waals surface area (Å²) in [7, 11) is 1.67. The smallest absolute Gasteiger partial charge is 0.142 e. The molecule has 0 aliphatic rings. The van der Waals surface area contributed by atoms with Gasteiger partial charge in [0.1, 0.15) is 17.7 Å². The summed E-state index contributed by atoms with van der Waals surface area (Å²) in [6.45, 7) is 0.672. The molecule has 25 heavy (non-hydrogen) atoms. The summed E-state index contributed by atoms with van der Waals surface area (Å²) in [5.41, 5.74) is 4.89. The molecule has 124 valence electrons. The largest absolute Gasteiger partial charge is 0.495 e. The predicted molar refractivity (Wildman–Crippen MR) is 97.4 cm³/mol. The maximum Gasteiger partial charge on any atom is 0.142 e. The quantitative estimate of drug-likeness (QED) is 0.584. The number of benzene rings is 1. The van der Waals surface area contributed by atoms with Crippen LogP contribution in [0.2, 0.25) is 0 Å². The summed E-state index contributed by atoms with van der Waals surface area (Å²) in [6, 6.07) is 12.0. The summed E-state index contributed by atoms with van der Waals surface area (Å²) in [4.78, 5) is 15.8. The van der Waals surface area contributed by atoms with Crippen LogP contribution in [0.4, 0.5) is 5.69 Å². The zero-order valence-electron chi connectivity index (χ0n) is 13.7. The van der Waals surface area contributed by atoms with Gasteiger partial charge in [-0.3, -0.25) is 4.98 Å². The van der Waals surface area contributed by atoms with Gasteiger partial charge >= 0.3 is 0 Å². The molecule has 3 heterocycles. The minimum absolute atomic E-state index is 0.672. The van der Waals surface area contributed by atoms with E-state index in [1.807, 2.05) is 36.5 Å². The summed E-state index contributed by atoms with van der Waals surface area (Å²) < 4.78 is 5.47. The number of rotatable bonds is 5. The second-order valence-electron chi connectivity index (χ2n) is 5.64. The average Bonchev–Trinajstić information content (AvgIpc) is 3.11. The topological polar surface area (TPSA) is 75.7 Å². The molecule has 0 saturated heterocycles. The fraction of sp³-hybridized carbons (Fsp3) is 0.105. The monoisotopic (exact) mass is 331 g/mol. The van der Waals surface area contributed by atoms with E-state index in [4.69, 9.17) is 4.74 Å². The van der Waals surface area contributed by atoms with Gasteiger partial charge in [-0.15, -0.1) is 0 Å². The van der Waals surface area contributed by atoms with E-state index in [1.165, 1.54) is 6.33 Å². The normalized spacial score (nSPS) is 10.8. The summed E-state index contributed by atoms with van der Waals surface area (Å²) >= 11 is 0. The number of hydrogen-bond donors (Lipinski definition) is 2. The van der Waals surface area contributed by atoms with Crippen molar-refractivity contribution >= 4 is 16.7 Å². The Hall–Kier alpha value is -3.41. The second-order valence-corrected chi connectivity index (χ2v) is 5.64. The second kappa shape index (κ2) is 6.60. The van der Waals surface area contributed by atoms with Gasteiger partial charge in [0.2, 0.25) is 0 Å². The van der Waals surface area contributed by atoms with Crippen LogP contribution < -0.4 is 10.1 Å². The molecular formula is C19H17N5O. The van der Waals surface area contributed by atoms with Gasteiger partial charge in [0.05, 0.1) is 12.8 Å². The molecule has 0 aliphatic carbocycles. The van der Waals surface area contributed by atoms with Crippen molar-refractivity contribution in [3.8, 4) is 17.0 Å². The van der Waals surface area contributed by atoms with Gasteiger partial charge in [0.25, 0.3) is 0 Å². The molecule has 0 radical (unpaired) electrons. The Morgan fingerprint density at radius 1 is 1.12 bits per heavy atom. The lowest BCUT2D eigenvalue weighted by Crippen LogP contribution is -2.02. The first-order valence-corrected chi connectivity index (χ1v) is 7.93. The highest BCUT2D eigenvalue weighted by atomic mass is 16.5. The van der Waals surface area contributed by atoms with Crippen LogP contribution in [-0.2, 0) is 6.54 Å². The highest BCUT2D eigenvalue weighted by molar-refractivity contribution is 5.83. The number of hydrogen-bond acceptors (Lipinski definition) is 5. The van der Waals surface area contributed by atoms with Crippen molar-refractivity contribution in [1.82, 2.24) is 19.9 Å². The molecule has 0 atom stereocenters. The predicted octanol–water partition coefficient (Wildman–Crippen LogP) is 3.64. The molecule has 6 heteroatoms. The van der Waals surface area contributed by atoms with Crippen LogP contribution in [0.5, 0.6) is 5.75 Å². The average molecular weight is 331 g/mol. The first kappa shape index (κ1) is 15.1. The van der Waals surface area contributed by atoms with Crippen LogP contribution in [0.25, 0.3) is 22.3 Å². The number of pyridine rings is 1. The zero-order chi connectivity index (χ0) is 17.1.